The van der Waals surface area contributed by atoms with Crippen molar-refractivity contribution in [1.82, 2.24) is 0 Å². The first kappa shape index (κ1) is 17.1. The van der Waals surface area contributed by atoms with E-state index in [9.17, 15) is 14.0 Å². The Morgan fingerprint density at radius 1 is 1.12 bits per heavy atom. The fraction of sp³-hybridized carbons (Fsp3) is 0.300. The zero-order valence-corrected chi connectivity index (χ0v) is 14.3. The van der Waals surface area contributed by atoms with Crippen LogP contribution in [-0.2, 0) is 11.3 Å². The van der Waals surface area contributed by atoms with Crippen molar-refractivity contribution in [3.63, 3.8) is 0 Å². The SMILES string of the molecule is CCOc1ccc2c(c1)N(Cc1ccc(C)c(F)c1)C(=O)CCC2=O. The molecule has 0 saturated heterocycles. The lowest BCUT2D eigenvalue weighted by Gasteiger charge is -2.23. The number of halogens is 1. The summed E-state index contributed by atoms with van der Waals surface area (Å²) in [5.74, 6) is 0.0775. The number of benzene rings is 2. The third kappa shape index (κ3) is 3.55. The Hall–Kier alpha value is -2.69. The third-order valence-corrected chi connectivity index (χ3v) is 4.32. The highest BCUT2D eigenvalue weighted by molar-refractivity contribution is 6.10. The van der Waals surface area contributed by atoms with Gasteiger partial charge in [0.15, 0.2) is 5.78 Å². The lowest BCUT2D eigenvalue weighted by atomic mass is 10.1. The summed E-state index contributed by atoms with van der Waals surface area (Å²) in [5.41, 5.74) is 2.26. The second-order valence-corrected chi connectivity index (χ2v) is 6.10. The van der Waals surface area contributed by atoms with Crippen molar-refractivity contribution in [2.45, 2.75) is 33.2 Å². The number of carbonyl (C=O) groups excluding carboxylic acids is 2. The summed E-state index contributed by atoms with van der Waals surface area (Å²) >= 11 is 0. The Balaban J connectivity index is 2.03. The Labute approximate surface area is 146 Å². The van der Waals surface area contributed by atoms with E-state index in [1.54, 1.807) is 42.2 Å². The fourth-order valence-corrected chi connectivity index (χ4v) is 2.94. The molecule has 0 unspecified atom stereocenters. The van der Waals surface area contributed by atoms with Gasteiger partial charge >= 0.3 is 0 Å². The molecule has 0 bridgehead atoms. The van der Waals surface area contributed by atoms with Crippen LogP contribution in [0.4, 0.5) is 10.1 Å². The molecule has 2 aromatic rings. The van der Waals surface area contributed by atoms with E-state index < -0.39 is 0 Å². The predicted octanol–water partition coefficient (Wildman–Crippen LogP) is 4.04. The number of carbonyl (C=O) groups is 2. The minimum absolute atomic E-state index is 0.0658. The van der Waals surface area contributed by atoms with E-state index in [0.717, 1.165) is 0 Å². The summed E-state index contributed by atoms with van der Waals surface area (Å²) in [4.78, 5) is 26.5. The maximum Gasteiger partial charge on any atom is 0.227 e. The van der Waals surface area contributed by atoms with Crippen LogP contribution in [0.3, 0.4) is 0 Å². The lowest BCUT2D eigenvalue weighted by Crippen LogP contribution is -2.29. The number of hydrogen-bond acceptors (Lipinski definition) is 3. The number of hydrogen-bond donors (Lipinski definition) is 0. The average Bonchev–Trinajstić information content (AvgIpc) is 2.70. The van der Waals surface area contributed by atoms with Crippen LogP contribution in [0.15, 0.2) is 36.4 Å². The first-order valence-electron chi connectivity index (χ1n) is 8.35. The van der Waals surface area contributed by atoms with Crippen LogP contribution < -0.4 is 9.64 Å². The predicted molar refractivity (Wildman–Crippen MR) is 93.5 cm³/mol. The monoisotopic (exact) mass is 341 g/mol. The van der Waals surface area contributed by atoms with E-state index in [4.69, 9.17) is 4.74 Å². The first-order valence-corrected chi connectivity index (χ1v) is 8.35. The summed E-state index contributed by atoms with van der Waals surface area (Å²) in [5, 5.41) is 0. The van der Waals surface area contributed by atoms with Crippen molar-refractivity contribution in [1.29, 1.82) is 0 Å². The molecular formula is C20H20FNO3. The van der Waals surface area contributed by atoms with Gasteiger partial charge in [0, 0.05) is 24.5 Å². The van der Waals surface area contributed by atoms with Gasteiger partial charge in [-0.1, -0.05) is 12.1 Å². The van der Waals surface area contributed by atoms with Gasteiger partial charge in [0.2, 0.25) is 5.91 Å². The summed E-state index contributed by atoms with van der Waals surface area (Å²) < 4.78 is 19.4. The topological polar surface area (TPSA) is 46.6 Å². The maximum atomic E-state index is 13.9. The van der Waals surface area contributed by atoms with Gasteiger partial charge in [-0.15, -0.1) is 0 Å². The number of ether oxygens (including phenoxy) is 1. The molecule has 3 rings (SSSR count). The van der Waals surface area contributed by atoms with Gasteiger partial charge in [-0.2, -0.15) is 0 Å². The largest absolute Gasteiger partial charge is 0.494 e. The second kappa shape index (κ2) is 7.05. The highest BCUT2D eigenvalue weighted by atomic mass is 19.1. The number of nitrogens with zero attached hydrogens (tertiary/aromatic N) is 1. The van der Waals surface area contributed by atoms with E-state index in [0.29, 0.717) is 34.7 Å². The van der Waals surface area contributed by atoms with Crippen LogP contribution >= 0.6 is 0 Å². The van der Waals surface area contributed by atoms with E-state index in [-0.39, 0.29) is 36.9 Å². The van der Waals surface area contributed by atoms with E-state index in [1.807, 2.05) is 6.92 Å². The minimum Gasteiger partial charge on any atom is -0.494 e. The standard InChI is InChI=1S/C20H20FNO3/c1-3-25-15-6-7-16-18(11-15)22(20(24)9-8-19(16)23)12-14-5-4-13(2)17(21)10-14/h4-7,10-11H,3,8-9,12H2,1-2H3. The first-order chi connectivity index (χ1) is 12.0. The Bertz CT molecular complexity index is 832. The Morgan fingerprint density at radius 2 is 1.92 bits per heavy atom. The zero-order chi connectivity index (χ0) is 18.0. The molecule has 0 aromatic heterocycles. The molecule has 1 heterocycles. The number of aryl methyl sites for hydroxylation is 1. The highest BCUT2D eigenvalue weighted by Crippen LogP contribution is 2.32. The van der Waals surface area contributed by atoms with Gasteiger partial charge in [-0.05, 0) is 43.2 Å². The average molecular weight is 341 g/mol. The number of anilines is 1. The molecule has 2 aromatic carbocycles. The van der Waals surface area contributed by atoms with Crippen LogP contribution in [0.2, 0.25) is 0 Å². The number of ketones is 1. The summed E-state index contributed by atoms with van der Waals surface area (Å²) in [6, 6.07) is 10.1. The summed E-state index contributed by atoms with van der Waals surface area (Å²) in [6.45, 7) is 4.27. The quantitative estimate of drug-likeness (QED) is 0.843. The van der Waals surface area contributed by atoms with Gasteiger partial charge in [0.1, 0.15) is 11.6 Å². The Kier molecular flexibility index (Phi) is 4.83. The normalized spacial score (nSPS) is 14.3. The number of rotatable bonds is 4. The Morgan fingerprint density at radius 3 is 2.64 bits per heavy atom. The molecule has 25 heavy (non-hydrogen) atoms. The van der Waals surface area contributed by atoms with E-state index >= 15 is 0 Å². The van der Waals surface area contributed by atoms with Crippen molar-refractivity contribution >= 4 is 17.4 Å². The van der Waals surface area contributed by atoms with Crippen molar-refractivity contribution in [3.05, 3.63) is 58.9 Å². The smallest absolute Gasteiger partial charge is 0.227 e. The van der Waals surface area contributed by atoms with Crippen molar-refractivity contribution in [2.24, 2.45) is 0 Å². The van der Waals surface area contributed by atoms with Crippen LogP contribution in [0.5, 0.6) is 5.75 Å². The second-order valence-electron chi connectivity index (χ2n) is 6.10. The molecule has 0 saturated carbocycles. The summed E-state index contributed by atoms with van der Waals surface area (Å²) in [7, 11) is 0. The highest BCUT2D eigenvalue weighted by Gasteiger charge is 2.27. The van der Waals surface area contributed by atoms with Gasteiger partial charge < -0.3 is 9.64 Å². The van der Waals surface area contributed by atoms with Crippen LogP contribution in [-0.4, -0.2) is 18.3 Å². The molecule has 0 spiro atoms. The number of fused-ring (bicyclic) bond motifs is 1. The molecule has 1 aliphatic heterocycles. The minimum atomic E-state index is -0.306. The van der Waals surface area contributed by atoms with Gasteiger partial charge in [-0.25, -0.2) is 4.39 Å². The summed E-state index contributed by atoms with van der Waals surface area (Å²) in [6.07, 6.45) is 0.324. The molecule has 5 heteroatoms. The van der Waals surface area contributed by atoms with Crippen molar-refractivity contribution < 1.29 is 18.7 Å². The van der Waals surface area contributed by atoms with Crippen LogP contribution in [0.1, 0.15) is 41.3 Å². The van der Waals surface area contributed by atoms with E-state index in [1.165, 1.54) is 6.07 Å². The molecule has 0 atom stereocenters. The molecule has 1 aliphatic rings. The molecule has 130 valence electrons. The molecule has 4 nitrogen and oxygen atoms in total. The fourth-order valence-electron chi connectivity index (χ4n) is 2.94. The molecule has 1 amide bonds. The van der Waals surface area contributed by atoms with E-state index in [2.05, 4.69) is 0 Å². The molecule has 0 N–H and O–H groups in total. The number of Topliss-reactive ketones (excluding diaryl/α,β-unsaturated/α-hetero) is 1. The molecular weight excluding hydrogens is 321 g/mol. The lowest BCUT2D eigenvalue weighted by molar-refractivity contribution is -0.118. The molecule has 0 radical (unpaired) electrons. The third-order valence-electron chi connectivity index (χ3n) is 4.32. The zero-order valence-electron chi connectivity index (χ0n) is 14.3. The molecule has 0 fully saturated rings. The van der Waals surface area contributed by atoms with Crippen LogP contribution in [0, 0.1) is 12.7 Å². The van der Waals surface area contributed by atoms with Gasteiger partial charge in [0.25, 0.3) is 0 Å². The van der Waals surface area contributed by atoms with Gasteiger partial charge in [0.05, 0.1) is 18.8 Å². The van der Waals surface area contributed by atoms with Crippen molar-refractivity contribution in [2.75, 3.05) is 11.5 Å². The maximum absolute atomic E-state index is 13.9. The molecule has 0 aliphatic carbocycles. The van der Waals surface area contributed by atoms with Crippen molar-refractivity contribution in [3.8, 4) is 5.75 Å². The van der Waals surface area contributed by atoms with Gasteiger partial charge in [-0.3, -0.25) is 9.59 Å². The number of amides is 1. The van der Waals surface area contributed by atoms with Crippen LogP contribution in [0.25, 0.3) is 0 Å².